The Balaban J connectivity index is 5.78. The number of aliphatic hydroxyl groups is 2. The van der Waals surface area contributed by atoms with Crippen LogP contribution in [0.2, 0.25) is 0 Å². The van der Waals surface area contributed by atoms with E-state index in [-0.39, 0.29) is 5.92 Å². The van der Waals surface area contributed by atoms with E-state index in [4.69, 9.17) is 5.73 Å². The maximum atomic E-state index is 13.5. The molecule has 0 fully saturated rings. The van der Waals surface area contributed by atoms with Crippen molar-refractivity contribution in [2.75, 3.05) is 19.8 Å². The molecule has 0 aliphatic carbocycles. The van der Waals surface area contributed by atoms with Gasteiger partial charge in [0.15, 0.2) is 0 Å². The summed E-state index contributed by atoms with van der Waals surface area (Å²) in [6, 6.07) is -10.0. The van der Waals surface area contributed by atoms with Crippen LogP contribution in [0.1, 0.15) is 95.4 Å². The summed E-state index contributed by atoms with van der Waals surface area (Å²) in [5.41, 5.74) is 5.61. The molecule has 0 unspecified atom stereocenters. The number of carbonyl (C=O) groups is 9. The Morgan fingerprint density at radius 2 is 0.867 bits per heavy atom. The van der Waals surface area contributed by atoms with Gasteiger partial charge < -0.3 is 63.6 Å². The molecule has 60 heavy (non-hydrogen) atoms. The lowest BCUT2D eigenvalue weighted by Crippen LogP contribution is -2.62. The molecule has 21 nitrogen and oxygen atoms in total. The number of carbonyl (C=O) groups excluding carboxylic acids is 8. The molecule has 8 amide bonds. The van der Waals surface area contributed by atoms with E-state index >= 15 is 0 Å². The van der Waals surface area contributed by atoms with E-state index in [9.17, 15) is 58.5 Å². The number of aliphatic hydroxyl groups excluding tert-OH is 2. The van der Waals surface area contributed by atoms with Gasteiger partial charge in [0.25, 0.3) is 0 Å². The van der Waals surface area contributed by atoms with Gasteiger partial charge in [-0.3, -0.25) is 38.4 Å². The van der Waals surface area contributed by atoms with Crippen LogP contribution in [0.3, 0.4) is 0 Å². The third kappa shape index (κ3) is 17.8. The predicted molar refractivity (Wildman–Crippen MR) is 220 cm³/mol. The van der Waals surface area contributed by atoms with Crippen LogP contribution in [0.25, 0.3) is 0 Å². The smallest absolute Gasteiger partial charge is 0.326 e. The van der Waals surface area contributed by atoms with Crippen molar-refractivity contribution in [2.24, 2.45) is 35.3 Å². The molecule has 11 atom stereocenters. The van der Waals surface area contributed by atoms with Crippen molar-refractivity contribution in [1.29, 1.82) is 0 Å². The molecule has 344 valence electrons. The van der Waals surface area contributed by atoms with Crippen LogP contribution in [0, 0.1) is 29.6 Å². The lowest BCUT2D eigenvalue weighted by Gasteiger charge is -2.30. The molecule has 0 saturated heterocycles. The first-order valence-corrected chi connectivity index (χ1v) is 20.5. The number of nitrogens with one attached hydrogen (secondary N) is 8. The average molecular weight is 858 g/mol. The summed E-state index contributed by atoms with van der Waals surface area (Å²) in [7, 11) is 0. The quantitative estimate of drug-likeness (QED) is 0.0403. The predicted octanol–water partition coefficient (Wildman–Crippen LogP) is -2.64. The molecule has 0 aromatic heterocycles. The number of amides is 8. The molecule has 0 spiro atoms. The molecular formula is C39H71N9O12. The van der Waals surface area contributed by atoms with Crippen molar-refractivity contribution < 1.29 is 58.5 Å². The van der Waals surface area contributed by atoms with Crippen LogP contribution in [0.5, 0.6) is 0 Å². The minimum Gasteiger partial charge on any atom is -0.480 e. The fourth-order valence-corrected chi connectivity index (χ4v) is 5.60. The highest BCUT2D eigenvalue weighted by molar-refractivity contribution is 5.98. The zero-order valence-electron chi connectivity index (χ0n) is 36.8. The summed E-state index contributed by atoms with van der Waals surface area (Å²) in [4.78, 5) is 116. The van der Waals surface area contributed by atoms with Crippen LogP contribution < -0.4 is 48.3 Å². The summed E-state index contributed by atoms with van der Waals surface area (Å²) in [5.74, 6) is -9.79. The van der Waals surface area contributed by atoms with Crippen molar-refractivity contribution in [1.82, 2.24) is 42.5 Å². The molecule has 0 aliphatic rings. The standard InChI is InChI=1S/C39H71N9O12/c1-12-20(8)29(48-38(58)30(21(9)13-2)47-33(53)24(40)16-49)37(57)43-25(17-50)34(54)42-23(11)32(52)45-28(19(6)7)36(56)46-27(18(4)5)35(55)41-15-26(51)44-31(39(59)60)22(10)14-3/h18-25,27-31,49-50H,12-17,40H2,1-11H3,(H,41,55)(H,42,54)(H,43,57)(H,44,51)(H,45,52)(H,46,56)(H,47,53)(H,48,58)(H,59,60)/t20-,21-,22-,23-,24-,25-,27-,28-,29-,30-,31-/m0/s1. The van der Waals surface area contributed by atoms with Crippen LogP contribution >= 0.6 is 0 Å². The average Bonchev–Trinajstić information content (AvgIpc) is 3.20. The molecule has 0 bridgehead atoms. The third-order valence-corrected chi connectivity index (χ3v) is 10.4. The summed E-state index contributed by atoms with van der Waals surface area (Å²) >= 11 is 0. The summed E-state index contributed by atoms with van der Waals surface area (Å²) in [6.07, 6.45) is 1.35. The Kier molecular flexibility index (Phi) is 24.8. The SMILES string of the molecule is CC[C@H](C)[C@H](NC(=O)CNC(=O)[C@@H](NC(=O)[C@@H](NC(=O)[C@H](C)NC(=O)[C@H](CO)NC(=O)[C@@H](NC(=O)[C@@H](NC(=O)[C@@H](N)CO)[C@@H](C)CC)[C@@H](C)CC)C(C)C)C(C)C)C(=O)O. The van der Waals surface area contributed by atoms with Crippen molar-refractivity contribution in [3.63, 3.8) is 0 Å². The second kappa shape index (κ2) is 27.1. The number of nitrogens with two attached hydrogens (primary N) is 1. The lowest BCUT2D eigenvalue weighted by atomic mass is 9.94. The normalized spacial score (nSPS) is 16.8. The zero-order chi connectivity index (χ0) is 46.6. The largest absolute Gasteiger partial charge is 0.480 e. The molecule has 21 heteroatoms. The third-order valence-electron chi connectivity index (χ3n) is 10.4. The van der Waals surface area contributed by atoms with Gasteiger partial charge in [0.1, 0.15) is 48.3 Å². The first-order chi connectivity index (χ1) is 27.9. The van der Waals surface area contributed by atoms with Gasteiger partial charge in [0.2, 0.25) is 47.3 Å². The van der Waals surface area contributed by atoms with Crippen molar-refractivity contribution in [3.8, 4) is 0 Å². The molecule has 13 N–H and O–H groups in total. The number of aliphatic carboxylic acids is 1. The number of carboxylic acids is 1. The first-order valence-electron chi connectivity index (χ1n) is 20.5. The molecule has 0 aliphatic heterocycles. The van der Waals surface area contributed by atoms with E-state index in [1.54, 1.807) is 69.2 Å². The molecule has 0 radical (unpaired) electrons. The minimum absolute atomic E-state index is 0.370. The van der Waals surface area contributed by atoms with Gasteiger partial charge in [-0.05, 0) is 36.5 Å². The Morgan fingerprint density at radius 3 is 1.30 bits per heavy atom. The number of rotatable bonds is 27. The summed E-state index contributed by atoms with van der Waals surface area (Å²) in [5, 5.41) is 48.6. The summed E-state index contributed by atoms with van der Waals surface area (Å²) in [6.45, 7) is 16.1. The van der Waals surface area contributed by atoms with Crippen LogP contribution in [-0.2, 0) is 43.2 Å². The second-order valence-corrected chi connectivity index (χ2v) is 16.0. The highest BCUT2D eigenvalue weighted by Gasteiger charge is 2.36. The molecule has 0 aromatic carbocycles. The van der Waals surface area contributed by atoms with E-state index in [0.29, 0.717) is 19.3 Å². The van der Waals surface area contributed by atoms with Gasteiger partial charge in [-0.1, -0.05) is 88.5 Å². The highest BCUT2D eigenvalue weighted by atomic mass is 16.4. The molecule has 0 aromatic rings. The van der Waals surface area contributed by atoms with E-state index in [2.05, 4.69) is 42.5 Å². The number of hydrogen-bond donors (Lipinski definition) is 12. The zero-order valence-corrected chi connectivity index (χ0v) is 36.8. The maximum Gasteiger partial charge on any atom is 0.326 e. The van der Waals surface area contributed by atoms with E-state index in [1.807, 2.05) is 0 Å². The Bertz CT molecular complexity index is 1480. The Morgan fingerprint density at radius 1 is 0.467 bits per heavy atom. The molecule has 0 saturated carbocycles. The van der Waals surface area contributed by atoms with Gasteiger partial charge in [0.05, 0.1) is 19.8 Å². The van der Waals surface area contributed by atoms with Crippen LogP contribution in [0.4, 0.5) is 0 Å². The van der Waals surface area contributed by atoms with E-state index < -0.39 is 145 Å². The van der Waals surface area contributed by atoms with Crippen molar-refractivity contribution >= 4 is 53.2 Å². The van der Waals surface area contributed by atoms with Gasteiger partial charge in [0, 0.05) is 0 Å². The topological polar surface area (TPSA) is 337 Å². The fraction of sp³-hybridized carbons (Fsp3) is 0.769. The second-order valence-electron chi connectivity index (χ2n) is 16.0. The Hall–Kier alpha value is -4.89. The lowest BCUT2D eigenvalue weighted by molar-refractivity contribution is -0.143. The van der Waals surface area contributed by atoms with Gasteiger partial charge in [-0.2, -0.15) is 0 Å². The van der Waals surface area contributed by atoms with Gasteiger partial charge >= 0.3 is 5.97 Å². The van der Waals surface area contributed by atoms with E-state index in [1.165, 1.54) is 6.92 Å². The highest BCUT2D eigenvalue weighted by Crippen LogP contribution is 2.14. The first kappa shape index (κ1) is 55.1. The number of hydrogen-bond acceptors (Lipinski definition) is 12. The van der Waals surface area contributed by atoms with Gasteiger partial charge in [-0.25, -0.2) is 4.79 Å². The summed E-state index contributed by atoms with van der Waals surface area (Å²) < 4.78 is 0. The van der Waals surface area contributed by atoms with E-state index in [0.717, 1.165) is 0 Å². The van der Waals surface area contributed by atoms with Crippen LogP contribution in [-0.4, -0.2) is 137 Å². The molecule has 0 heterocycles. The fourth-order valence-electron chi connectivity index (χ4n) is 5.60. The Labute approximate surface area is 352 Å². The van der Waals surface area contributed by atoms with Crippen molar-refractivity contribution in [2.45, 2.75) is 144 Å². The minimum atomic E-state index is -1.58. The van der Waals surface area contributed by atoms with Crippen LogP contribution in [0.15, 0.2) is 0 Å². The molecule has 0 rings (SSSR count). The number of carboxylic acid groups (broad SMARTS) is 1. The monoisotopic (exact) mass is 858 g/mol. The maximum absolute atomic E-state index is 13.5. The van der Waals surface area contributed by atoms with Crippen molar-refractivity contribution in [3.05, 3.63) is 0 Å². The van der Waals surface area contributed by atoms with Gasteiger partial charge in [-0.15, -0.1) is 0 Å². The molecular weight excluding hydrogens is 786 g/mol.